The molecule has 0 atom stereocenters. The van der Waals surface area contributed by atoms with Crippen molar-refractivity contribution in [1.82, 2.24) is 0 Å². The van der Waals surface area contributed by atoms with E-state index in [0.29, 0.717) is 24.5 Å². The summed E-state index contributed by atoms with van der Waals surface area (Å²) in [7, 11) is 0. The third-order valence-corrected chi connectivity index (χ3v) is 3.09. The molecular weight excluding hydrogens is 222 g/mol. The van der Waals surface area contributed by atoms with Gasteiger partial charge in [0.2, 0.25) is 0 Å². The number of aryl methyl sites for hydroxylation is 1. The molecule has 4 heteroatoms. The van der Waals surface area contributed by atoms with Gasteiger partial charge in [0, 0.05) is 6.42 Å². The van der Waals surface area contributed by atoms with Crippen LogP contribution >= 0.6 is 11.3 Å². The van der Waals surface area contributed by atoms with Gasteiger partial charge in [0.25, 0.3) is 0 Å². The van der Waals surface area contributed by atoms with Crippen LogP contribution in [0.25, 0.3) is 0 Å². The zero-order chi connectivity index (χ0) is 11.4. The molecule has 0 aliphatic carbocycles. The quantitative estimate of drug-likeness (QED) is 0.810. The topological polar surface area (TPSA) is 56.2 Å². The van der Waals surface area contributed by atoms with Crippen molar-refractivity contribution in [2.24, 2.45) is 5.73 Å². The Hall–Kier alpha value is -1.39. The fourth-order valence-corrected chi connectivity index (χ4v) is 2.16. The molecule has 2 rings (SSSR count). The number of carbonyl (C=O) groups excluding carboxylic acids is 1. The van der Waals surface area contributed by atoms with Gasteiger partial charge >= 0.3 is 0 Å². The Morgan fingerprint density at radius 1 is 1.38 bits per heavy atom. The number of Topliss-reactive ketones (excluding diaryl/α,β-unsaturated/α-hetero) is 1. The third-order valence-electron chi connectivity index (χ3n) is 2.36. The molecule has 0 radical (unpaired) electrons. The number of nitrogens with two attached hydrogens (primary N) is 1. The first-order valence-corrected chi connectivity index (χ1v) is 6.07. The van der Waals surface area contributed by atoms with Crippen LogP contribution in [-0.2, 0) is 13.0 Å². The van der Waals surface area contributed by atoms with E-state index < -0.39 is 0 Å². The van der Waals surface area contributed by atoms with Crippen LogP contribution in [0, 0.1) is 0 Å². The molecule has 0 saturated heterocycles. The van der Waals surface area contributed by atoms with Crippen molar-refractivity contribution in [2.75, 3.05) is 0 Å². The van der Waals surface area contributed by atoms with Crippen LogP contribution in [0.1, 0.15) is 28.3 Å². The summed E-state index contributed by atoms with van der Waals surface area (Å²) in [5.74, 6) is 1.10. The number of carbonyl (C=O) groups is 1. The highest BCUT2D eigenvalue weighted by molar-refractivity contribution is 7.07. The van der Waals surface area contributed by atoms with Gasteiger partial charge in [-0.05, 0) is 40.9 Å². The van der Waals surface area contributed by atoms with Gasteiger partial charge in [-0.15, -0.1) is 0 Å². The Morgan fingerprint density at radius 2 is 2.25 bits per heavy atom. The molecule has 0 aliphatic heterocycles. The fourth-order valence-electron chi connectivity index (χ4n) is 1.45. The monoisotopic (exact) mass is 235 g/mol. The maximum absolute atomic E-state index is 11.7. The third kappa shape index (κ3) is 2.59. The summed E-state index contributed by atoms with van der Waals surface area (Å²) >= 11 is 1.64. The molecule has 0 saturated carbocycles. The van der Waals surface area contributed by atoms with Gasteiger partial charge in [-0.3, -0.25) is 4.79 Å². The van der Waals surface area contributed by atoms with Gasteiger partial charge in [0.1, 0.15) is 5.76 Å². The highest BCUT2D eigenvalue weighted by atomic mass is 32.1. The molecule has 0 aromatic carbocycles. The lowest BCUT2D eigenvalue weighted by molar-refractivity contribution is 0.0954. The summed E-state index contributed by atoms with van der Waals surface area (Å²) in [4.78, 5) is 11.7. The molecule has 16 heavy (non-hydrogen) atoms. The molecule has 3 nitrogen and oxygen atoms in total. The van der Waals surface area contributed by atoms with E-state index >= 15 is 0 Å². The Labute approximate surface area is 97.9 Å². The van der Waals surface area contributed by atoms with E-state index in [9.17, 15) is 4.79 Å². The van der Waals surface area contributed by atoms with Gasteiger partial charge in [0.05, 0.1) is 6.54 Å². The average Bonchev–Trinajstić information content (AvgIpc) is 2.96. The van der Waals surface area contributed by atoms with Gasteiger partial charge in [0.15, 0.2) is 11.5 Å². The van der Waals surface area contributed by atoms with Crippen molar-refractivity contribution in [2.45, 2.75) is 19.4 Å². The lowest BCUT2D eigenvalue weighted by Gasteiger charge is -1.96. The summed E-state index contributed by atoms with van der Waals surface area (Å²) in [6.07, 6.45) is 1.25. The highest BCUT2D eigenvalue weighted by Gasteiger charge is 2.10. The normalized spacial score (nSPS) is 10.6. The Balaban J connectivity index is 1.93. The van der Waals surface area contributed by atoms with Crippen LogP contribution < -0.4 is 5.73 Å². The number of furan rings is 1. The second kappa shape index (κ2) is 5.09. The van der Waals surface area contributed by atoms with Crippen molar-refractivity contribution >= 4 is 17.1 Å². The van der Waals surface area contributed by atoms with Crippen molar-refractivity contribution in [3.63, 3.8) is 0 Å². The van der Waals surface area contributed by atoms with E-state index in [1.807, 2.05) is 11.4 Å². The summed E-state index contributed by atoms with van der Waals surface area (Å²) < 4.78 is 5.29. The standard InChI is InChI=1S/C12H13NO2S/c13-7-10-2-4-12(15-10)11(14)3-1-9-5-6-16-8-9/h2,4-6,8H,1,3,7,13H2. The molecular formula is C12H13NO2S. The maximum Gasteiger partial charge on any atom is 0.198 e. The minimum atomic E-state index is 0.0332. The summed E-state index contributed by atoms with van der Waals surface area (Å²) in [6, 6.07) is 5.47. The van der Waals surface area contributed by atoms with Crippen molar-refractivity contribution in [3.05, 3.63) is 46.0 Å². The lowest BCUT2D eigenvalue weighted by Crippen LogP contribution is -1.99. The Bertz CT molecular complexity index is 459. The minimum Gasteiger partial charge on any atom is -0.457 e. The van der Waals surface area contributed by atoms with Crippen molar-refractivity contribution < 1.29 is 9.21 Å². The fraction of sp³-hybridized carbons (Fsp3) is 0.250. The number of hydrogen-bond donors (Lipinski definition) is 1. The van der Waals surface area contributed by atoms with Crippen molar-refractivity contribution in [3.8, 4) is 0 Å². The van der Waals surface area contributed by atoms with Crippen molar-refractivity contribution in [1.29, 1.82) is 0 Å². The Morgan fingerprint density at radius 3 is 2.88 bits per heavy atom. The van der Waals surface area contributed by atoms with E-state index in [1.165, 1.54) is 5.56 Å². The predicted octanol–water partition coefficient (Wildman–Crippen LogP) is 2.62. The molecule has 0 amide bonds. The van der Waals surface area contributed by atoms with Crippen LogP contribution in [0.5, 0.6) is 0 Å². The van der Waals surface area contributed by atoms with E-state index in [4.69, 9.17) is 10.2 Å². The first-order chi connectivity index (χ1) is 7.79. The van der Waals surface area contributed by atoms with Gasteiger partial charge < -0.3 is 10.2 Å². The molecule has 2 aromatic rings. The molecule has 2 heterocycles. The Kier molecular flexibility index (Phi) is 3.54. The second-order valence-corrected chi connectivity index (χ2v) is 4.30. The first-order valence-electron chi connectivity index (χ1n) is 5.12. The van der Waals surface area contributed by atoms with Crippen LogP contribution in [0.15, 0.2) is 33.4 Å². The molecule has 2 aromatic heterocycles. The van der Waals surface area contributed by atoms with Gasteiger partial charge in [-0.1, -0.05) is 0 Å². The molecule has 0 unspecified atom stereocenters. The van der Waals surface area contributed by atoms with Gasteiger partial charge in [-0.25, -0.2) is 0 Å². The molecule has 0 aliphatic rings. The molecule has 0 fully saturated rings. The van der Waals surface area contributed by atoms with E-state index in [1.54, 1.807) is 23.5 Å². The zero-order valence-corrected chi connectivity index (χ0v) is 9.63. The SMILES string of the molecule is NCc1ccc(C(=O)CCc2ccsc2)o1. The summed E-state index contributed by atoms with van der Waals surface area (Å²) in [6.45, 7) is 0.331. The first kappa shape index (κ1) is 11.1. The van der Waals surface area contributed by atoms with E-state index in [0.717, 1.165) is 6.42 Å². The number of ketones is 1. The minimum absolute atomic E-state index is 0.0332. The van der Waals surface area contributed by atoms with Crippen LogP contribution in [0.4, 0.5) is 0 Å². The predicted molar refractivity (Wildman–Crippen MR) is 63.6 cm³/mol. The second-order valence-electron chi connectivity index (χ2n) is 3.52. The average molecular weight is 235 g/mol. The smallest absolute Gasteiger partial charge is 0.198 e. The molecule has 2 N–H and O–H groups in total. The summed E-state index contributed by atoms with van der Waals surface area (Å²) in [5.41, 5.74) is 6.61. The number of thiophene rings is 1. The summed E-state index contributed by atoms with van der Waals surface area (Å²) in [5, 5.41) is 4.07. The van der Waals surface area contributed by atoms with Crippen LogP contribution in [0.3, 0.4) is 0 Å². The molecule has 0 bridgehead atoms. The van der Waals surface area contributed by atoms with Crippen LogP contribution in [0.2, 0.25) is 0 Å². The highest BCUT2D eigenvalue weighted by Crippen LogP contribution is 2.13. The number of hydrogen-bond acceptors (Lipinski definition) is 4. The lowest BCUT2D eigenvalue weighted by atomic mass is 10.1. The largest absolute Gasteiger partial charge is 0.457 e. The molecule has 0 spiro atoms. The van der Waals surface area contributed by atoms with Crippen LogP contribution in [-0.4, -0.2) is 5.78 Å². The van der Waals surface area contributed by atoms with Gasteiger partial charge in [-0.2, -0.15) is 11.3 Å². The van der Waals surface area contributed by atoms with E-state index in [2.05, 4.69) is 5.38 Å². The van der Waals surface area contributed by atoms with E-state index in [-0.39, 0.29) is 5.78 Å². The number of rotatable bonds is 5. The molecule has 84 valence electrons. The maximum atomic E-state index is 11.7. The zero-order valence-electron chi connectivity index (χ0n) is 8.81.